The van der Waals surface area contributed by atoms with Gasteiger partial charge in [0.1, 0.15) is 12.5 Å². The van der Waals surface area contributed by atoms with Crippen molar-refractivity contribution in [3.05, 3.63) is 112 Å². The van der Waals surface area contributed by atoms with Crippen molar-refractivity contribution in [2.24, 2.45) is 0 Å². The Morgan fingerprint density at radius 1 is 0.976 bits per heavy atom. The summed E-state index contributed by atoms with van der Waals surface area (Å²) in [5, 5.41) is 6.94. The standard InChI is InChI=1S/C31H26F3N3O4/c32-22-9-6-19(7-10-22)14-24-28-25(16-35-36-30(28)38)37(18-39-17-20-4-2-1-3-5-20)29(24)21-8-13-26(41-31(33)34)27(15-21)40-23-11-12-23/h1-10,13,15-16,23,31H,11-12,14,17-18H2,(H,36,38). The predicted octanol–water partition coefficient (Wildman–Crippen LogP) is 6.44. The van der Waals surface area contributed by atoms with Crippen molar-refractivity contribution in [1.29, 1.82) is 0 Å². The van der Waals surface area contributed by atoms with Crippen LogP contribution in [0, 0.1) is 5.82 Å². The summed E-state index contributed by atoms with van der Waals surface area (Å²) in [6, 6.07) is 20.4. The topological polar surface area (TPSA) is 78.4 Å². The van der Waals surface area contributed by atoms with Crippen LogP contribution in [0.3, 0.4) is 0 Å². The largest absolute Gasteiger partial charge is 0.487 e. The number of hydrogen-bond acceptors (Lipinski definition) is 5. The lowest BCUT2D eigenvalue weighted by Gasteiger charge is -2.17. The number of H-pyrrole nitrogens is 1. The molecule has 1 fully saturated rings. The fourth-order valence-corrected chi connectivity index (χ4v) is 4.86. The Balaban J connectivity index is 1.50. The van der Waals surface area contributed by atoms with E-state index >= 15 is 0 Å². The average molecular weight is 562 g/mol. The zero-order valence-corrected chi connectivity index (χ0v) is 21.9. The van der Waals surface area contributed by atoms with Crippen LogP contribution in [0.2, 0.25) is 0 Å². The minimum Gasteiger partial charge on any atom is -0.487 e. The van der Waals surface area contributed by atoms with Gasteiger partial charge in [0, 0.05) is 12.0 Å². The SMILES string of the molecule is O=c1[nH]ncc2c1c(Cc1ccc(F)cc1)c(-c1ccc(OC(F)F)c(OC3CC3)c1)n2COCc1ccccc1. The molecule has 0 saturated heterocycles. The van der Waals surface area contributed by atoms with Gasteiger partial charge in [-0.15, -0.1) is 0 Å². The summed E-state index contributed by atoms with van der Waals surface area (Å²) in [7, 11) is 0. The molecule has 2 aromatic heterocycles. The number of alkyl halides is 2. The third-order valence-electron chi connectivity index (χ3n) is 6.86. The number of fused-ring (bicyclic) bond motifs is 1. The summed E-state index contributed by atoms with van der Waals surface area (Å²) >= 11 is 0. The number of nitrogens with zero attached hydrogens (tertiary/aromatic N) is 2. The van der Waals surface area contributed by atoms with E-state index in [2.05, 4.69) is 10.2 Å². The van der Waals surface area contributed by atoms with Crippen molar-refractivity contribution in [3.8, 4) is 22.8 Å². The van der Waals surface area contributed by atoms with Gasteiger partial charge < -0.3 is 18.8 Å². The molecule has 0 unspecified atom stereocenters. The second-order valence-electron chi connectivity index (χ2n) is 9.84. The Morgan fingerprint density at radius 2 is 1.76 bits per heavy atom. The summed E-state index contributed by atoms with van der Waals surface area (Å²) in [6.07, 6.45) is 3.41. The van der Waals surface area contributed by atoms with Gasteiger partial charge >= 0.3 is 6.61 Å². The van der Waals surface area contributed by atoms with Crippen LogP contribution in [0.1, 0.15) is 29.5 Å². The molecule has 3 aromatic carbocycles. The molecule has 41 heavy (non-hydrogen) atoms. The number of nitrogens with one attached hydrogen (secondary N) is 1. The number of halogens is 3. The molecule has 0 bridgehead atoms. The maximum Gasteiger partial charge on any atom is 0.387 e. The van der Waals surface area contributed by atoms with Crippen LogP contribution in [0.15, 0.2) is 83.8 Å². The van der Waals surface area contributed by atoms with E-state index in [0.29, 0.717) is 40.8 Å². The molecule has 1 saturated carbocycles. The third-order valence-corrected chi connectivity index (χ3v) is 6.86. The van der Waals surface area contributed by atoms with Gasteiger partial charge in [-0.2, -0.15) is 13.9 Å². The lowest BCUT2D eigenvalue weighted by atomic mass is 9.98. The highest BCUT2D eigenvalue weighted by molar-refractivity contribution is 5.91. The number of ether oxygens (including phenoxy) is 3. The number of aromatic amines is 1. The van der Waals surface area contributed by atoms with Crippen LogP contribution in [-0.4, -0.2) is 27.5 Å². The van der Waals surface area contributed by atoms with E-state index in [-0.39, 0.29) is 30.2 Å². The molecule has 2 heterocycles. The lowest BCUT2D eigenvalue weighted by Crippen LogP contribution is -2.09. The molecule has 0 amide bonds. The van der Waals surface area contributed by atoms with Crippen LogP contribution >= 0.6 is 0 Å². The number of hydrogen-bond donors (Lipinski definition) is 1. The number of benzene rings is 3. The van der Waals surface area contributed by atoms with E-state index in [1.54, 1.807) is 30.5 Å². The van der Waals surface area contributed by atoms with Gasteiger partial charge in [0.25, 0.3) is 5.56 Å². The fraction of sp³-hybridized carbons (Fsp3) is 0.226. The predicted molar refractivity (Wildman–Crippen MR) is 147 cm³/mol. The molecule has 10 heteroatoms. The molecule has 7 nitrogen and oxygen atoms in total. The summed E-state index contributed by atoms with van der Waals surface area (Å²) in [4.78, 5) is 13.2. The van der Waals surface area contributed by atoms with E-state index in [1.807, 2.05) is 34.9 Å². The summed E-state index contributed by atoms with van der Waals surface area (Å²) in [6.45, 7) is -2.62. The molecule has 0 radical (unpaired) electrons. The molecule has 0 aliphatic heterocycles. The number of aromatic nitrogens is 3. The molecule has 1 aliphatic carbocycles. The first-order chi connectivity index (χ1) is 20.0. The molecule has 210 valence electrons. The first-order valence-corrected chi connectivity index (χ1v) is 13.2. The summed E-state index contributed by atoms with van der Waals surface area (Å²) in [5.74, 6) is -0.255. The first kappa shape index (κ1) is 26.6. The van der Waals surface area contributed by atoms with Gasteiger partial charge in [-0.05, 0) is 59.9 Å². The molecular formula is C31H26F3N3O4. The van der Waals surface area contributed by atoms with Crippen LogP contribution < -0.4 is 15.0 Å². The Labute approximate surface area is 233 Å². The van der Waals surface area contributed by atoms with Gasteiger partial charge in [0.05, 0.1) is 35.5 Å². The van der Waals surface area contributed by atoms with Gasteiger partial charge in [-0.25, -0.2) is 9.49 Å². The maximum atomic E-state index is 13.7. The zero-order chi connectivity index (χ0) is 28.3. The second-order valence-corrected chi connectivity index (χ2v) is 9.84. The minimum atomic E-state index is -3.01. The Bertz CT molecular complexity index is 1720. The van der Waals surface area contributed by atoms with Crippen molar-refractivity contribution in [3.63, 3.8) is 0 Å². The monoisotopic (exact) mass is 561 g/mol. The first-order valence-electron chi connectivity index (χ1n) is 13.2. The van der Waals surface area contributed by atoms with Crippen molar-refractivity contribution in [1.82, 2.24) is 14.8 Å². The van der Waals surface area contributed by atoms with Gasteiger partial charge in [0.15, 0.2) is 11.5 Å². The number of rotatable bonds is 11. The highest BCUT2D eigenvalue weighted by atomic mass is 19.3. The Hall–Kier alpha value is -4.57. The van der Waals surface area contributed by atoms with Crippen LogP contribution in [0.4, 0.5) is 13.2 Å². The quantitative estimate of drug-likeness (QED) is 0.201. The second kappa shape index (κ2) is 11.5. The molecule has 1 N–H and O–H groups in total. The van der Waals surface area contributed by atoms with E-state index in [0.717, 1.165) is 24.0 Å². The van der Waals surface area contributed by atoms with E-state index in [9.17, 15) is 18.0 Å². The van der Waals surface area contributed by atoms with Crippen molar-refractivity contribution in [2.75, 3.05) is 0 Å². The summed E-state index contributed by atoms with van der Waals surface area (Å²) < 4.78 is 58.6. The molecule has 5 aromatic rings. The van der Waals surface area contributed by atoms with E-state index in [1.165, 1.54) is 18.2 Å². The molecule has 6 rings (SSSR count). The lowest BCUT2D eigenvalue weighted by molar-refractivity contribution is -0.0516. The average Bonchev–Trinajstić information content (AvgIpc) is 3.73. The summed E-state index contributed by atoms with van der Waals surface area (Å²) in [5.41, 5.74) is 3.78. The fourth-order valence-electron chi connectivity index (χ4n) is 4.86. The Morgan fingerprint density at radius 3 is 2.49 bits per heavy atom. The van der Waals surface area contributed by atoms with Crippen LogP contribution in [0.25, 0.3) is 22.2 Å². The molecule has 0 spiro atoms. The van der Waals surface area contributed by atoms with E-state index in [4.69, 9.17) is 14.2 Å². The van der Waals surface area contributed by atoms with Crippen molar-refractivity contribution in [2.45, 2.75) is 45.3 Å². The van der Waals surface area contributed by atoms with Gasteiger partial charge in [-0.1, -0.05) is 42.5 Å². The third kappa shape index (κ3) is 5.97. The van der Waals surface area contributed by atoms with Crippen molar-refractivity contribution >= 4 is 10.9 Å². The highest BCUT2D eigenvalue weighted by Crippen LogP contribution is 2.41. The zero-order valence-electron chi connectivity index (χ0n) is 21.9. The Kier molecular flexibility index (Phi) is 7.47. The molecule has 0 atom stereocenters. The molecule has 1 aliphatic rings. The van der Waals surface area contributed by atoms with Gasteiger partial charge in [0.2, 0.25) is 0 Å². The minimum absolute atomic E-state index is 0.0711. The van der Waals surface area contributed by atoms with Crippen LogP contribution in [-0.2, 0) is 24.5 Å². The van der Waals surface area contributed by atoms with Crippen molar-refractivity contribution < 1.29 is 27.4 Å². The van der Waals surface area contributed by atoms with Gasteiger partial charge in [-0.3, -0.25) is 4.79 Å². The highest BCUT2D eigenvalue weighted by Gasteiger charge is 2.27. The van der Waals surface area contributed by atoms with E-state index < -0.39 is 12.2 Å². The normalized spacial score (nSPS) is 13.2. The van der Waals surface area contributed by atoms with Crippen LogP contribution in [0.5, 0.6) is 11.5 Å². The smallest absolute Gasteiger partial charge is 0.387 e. The maximum absolute atomic E-state index is 13.7. The molecular weight excluding hydrogens is 535 g/mol.